The molecule has 0 bridgehead atoms. The van der Waals surface area contributed by atoms with E-state index in [4.69, 9.17) is 0 Å². The quantitative estimate of drug-likeness (QED) is 0.871. The normalized spacial score (nSPS) is 14.2. The van der Waals surface area contributed by atoms with E-state index in [1.165, 1.54) is 0 Å². The molecule has 1 aromatic carbocycles. The Bertz CT molecular complexity index is 364. The molecule has 0 saturated heterocycles. The van der Waals surface area contributed by atoms with Gasteiger partial charge in [-0.1, -0.05) is 29.3 Å². The number of carbonyl (C=O) groups is 1. The summed E-state index contributed by atoms with van der Waals surface area (Å²) in [4.78, 5) is 11.2. The molecule has 0 aromatic heterocycles. The van der Waals surface area contributed by atoms with Gasteiger partial charge in [0.25, 0.3) is 0 Å². The molecule has 1 unspecified atom stereocenters. The lowest BCUT2D eigenvalue weighted by Crippen LogP contribution is -2.43. The molecule has 16 heavy (non-hydrogen) atoms. The molecular weight excluding hydrogens is 270 g/mol. The van der Waals surface area contributed by atoms with E-state index in [1.54, 1.807) is 6.92 Å². The number of halogens is 1. The van der Waals surface area contributed by atoms with Crippen molar-refractivity contribution in [1.82, 2.24) is 0 Å². The van der Waals surface area contributed by atoms with Gasteiger partial charge in [-0.25, -0.2) is 4.79 Å². The van der Waals surface area contributed by atoms with Gasteiger partial charge in [0.1, 0.15) is 5.54 Å². The Balaban J connectivity index is 2.83. The highest BCUT2D eigenvalue weighted by Crippen LogP contribution is 2.22. The molecular formula is C12H16BrNO2. The molecule has 0 saturated carbocycles. The molecule has 0 aliphatic heterocycles. The number of aliphatic carboxylic acids is 1. The summed E-state index contributed by atoms with van der Waals surface area (Å²) in [6.07, 6.45) is 1.42. The monoisotopic (exact) mass is 285 g/mol. The van der Waals surface area contributed by atoms with Gasteiger partial charge in [-0.05, 0) is 37.6 Å². The van der Waals surface area contributed by atoms with Crippen molar-refractivity contribution in [2.24, 2.45) is 0 Å². The third kappa shape index (κ3) is 3.23. The van der Waals surface area contributed by atoms with E-state index in [1.807, 2.05) is 31.2 Å². The van der Waals surface area contributed by atoms with Crippen LogP contribution in [0.5, 0.6) is 0 Å². The van der Waals surface area contributed by atoms with Crippen LogP contribution in [0.25, 0.3) is 0 Å². The first-order valence-electron chi connectivity index (χ1n) is 5.25. The van der Waals surface area contributed by atoms with E-state index < -0.39 is 11.5 Å². The largest absolute Gasteiger partial charge is 0.480 e. The maximum Gasteiger partial charge on any atom is 0.329 e. The number of anilines is 1. The predicted molar refractivity (Wildman–Crippen MR) is 68.7 cm³/mol. The van der Waals surface area contributed by atoms with Gasteiger partial charge in [0.2, 0.25) is 0 Å². The fourth-order valence-corrected chi connectivity index (χ4v) is 1.84. The van der Waals surface area contributed by atoms with Crippen molar-refractivity contribution in [2.75, 3.05) is 5.32 Å². The first-order valence-corrected chi connectivity index (χ1v) is 6.04. The lowest BCUT2D eigenvalue weighted by Gasteiger charge is -2.27. The number of carboxylic acid groups (broad SMARTS) is 1. The van der Waals surface area contributed by atoms with Crippen LogP contribution in [0.2, 0.25) is 0 Å². The Morgan fingerprint density at radius 2 is 2.00 bits per heavy atom. The predicted octanol–water partition coefficient (Wildman–Crippen LogP) is 3.50. The van der Waals surface area contributed by atoms with Gasteiger partial charge >= 0.3 is 5.97 Å². The van der Waals surface area contributed by atoms with Gasteiger partial charge in [0.15, 0.2) is 0 Å². The topological polar surface area (TPSA) is 49.3 Å². The highest BCUT2D eigenvalue weighted by Gasteiger charge is 2.31. The second-order valence-corrected chi connectivity index (χ2v) is 4.93. The van der Waals surface area contributed by atoms with E-state index in [2.05, 4.69) is 21.2 Å². The van der Waals surface area contributed by atoms with Crippen LogP contribution in [-0.2, 0) is 4.79 Å². The molecule has 0 aliphatic rings. The molecule has 0 amide bonds. The minimum Gasteiger partial charge on any atom is -0.480 e. The summed E-state index contributed by atoms with van der Waals surface area (Å²) in [5, 5.41) is 12.3. The lowest BCUT2D eigenvalue weighted by atomic mass is 9.96. The van der Waals surface area contributed by atoms with Gasteiger partial charge in [-0.3, -0.25) is 0 Å². The van der Waals surface area contributed by atoms with Crippen LogP contribution >= 0.6 is 15.9 Å². The van der Waals surface area contributed by atoms with Gasteiger partial charge in [0.05, 0.1) is 0 Å². The number of nitrogens with one attached hydrogen (secondary N) is 1. The van der Waals surface area contributed by atoms with E-state index in [0.717, 1.165) is 16.6 Å². The van der Waals surface area contributed by atoms with Crippen LogP contribution in [0, 0.1) is 0 Å². The minimum absolute atomic E-state index is 0.596. The van der Waals surface area contributed by atoms with Gasteiger partial charge in [-0.2, -0.15) is 0 Å². The lowest BCUT2D eigenvalue weighted by molar-refractivity contribution is -0.141. The zero-order valence-electron chi connectivity index (χ0n) is 9.46. The Hall–Kier alpha value is -1.03. The SMILES string of the molecule is CCCC(C)(Nc1ccc(Br)cc1)C(=O)O. The fraction of sp³-hybridized carbons (Fsp3) is 0.417. The second-order valence-electron chi connectivity index (χ2n) is 4.02. The standard InChI is InChI=1S/C12H16BrNO2/c1-3-8-12(2,11(15)16)14-10-6-4-9(13)5-7-10/h4-7,14H,3,8H2,1-2H3,(H,15,16). The zero-order chi connectivity index (χ0) is 12.2. The molecule has 2 N–H and O–H groups in total. The molecule has 3 nitrogen and oxygen atoms in total. The molecule has 0 radical (unpaired) electrons. The maximum atomic E-state index is 11.2. The highest BCUT2D eigenvalue weighted by atomic mass is 79.9. The Kier molecular flexibility index (Phi) is 4.35. The van der Waals surface area contributed by atoms with Crippen molar-refractivity contribution in [3.05, 3.63) is 28.7 Å². The van der Waals surface area contributed by atoms with Crippen molar-refractivity contribution in [3.63, 3.8) is 0 Å². The van der Waals surface area contributed by atoms with E-state index >= 15 is 0 Å². The third-order valence-electron chi connectivity index (χ3n) is 2.49. The van der Waals surface area contributed by atoms with Crippen LogP contribution in [-0.4, -0.2) is 16.6 Å². The molecule has 0 heterocycles. The first kappa shape index (κ1) is 13.0. The van der Waals surface area contributed by atoms with Gasteiger partial charge in [0, 0.05) is 10.2 Å². The summed E-state index contributed by atoms with van der Waals surface area (Å²) in [6.45, 7) is 3.69. The number of hydrogen-bond donors (Lipinski definition) is 2. The van der Waals surface area contributed by atoms with Gasteiger partial charge < -0.3 is 10.4 Å². The fourth-order valence-electron chi connectivity index (χ4n) is 1.57. The summed E-state index contributed by atoms with van der Waals surface area (Å²) < 4.78 is 0.977. The molecule has 0 aliphatic carbocycles. The smallest absolute Gasteiger partial charge is 0.329 e. The summed E-state index contributed by atoms with van der Waals surface area (Å²) >= 11 is 3.34. The van der Waals surface area contributed by atoms with E-state index in [9.17, 15) is 9.90 Å². The average molecular weight is 286 g/mol. The molecule has 1 rings (SSSR count). The highest BCUT2D eigenvalue weighted by molar-refractivity contribution is 9.10. The zero-order valence-corrected chi connectivity index (χ0v) is 11.0. The van der Waals surface area contributed by atoms with Crippen LogP contribution in [0.4, 0.5) is 5.69 Å². The molecule has 0 fully saturated rings. The van der Waals surface area contributed by atoms with Gasteiger partial charge in [-0.15, -0.1) is 0 Å². The van der Waals surface area contributed by atoms with Crippen LogP contribution in [0.15, 0.2) is 28.7 Å². The van der Waals surface area contributed by atoms with Crippen molar-refractivity contribution < 1.29 is 9.90 Å². The van der Waals surface area contributed by atoms with Crippen LogP contribution in [0.1, 0.15) is 26.7 Å². The molecule has 4 heteroatoms. The molecule has 1 atom stereocenters. The summed E-state index contributed by atoms with van der Waals surface area (Å²) in [7, 11) is 0. The van der Waals surface area contributed by atoms with Crippen molar-refractivity contribution in [1.29, 1.82) is 0 Å². The molecule has 0 spiro atoms. The second kappa shape index (κ2) is 5.34. The number of rotatable bonds is 5. The Morgan fingerprint density at radius 3 is 2.44 bits per heavy atom. The molecule has 1 aromatic rings. The van der Waals surface area contributed by atoms with E-state index in [0.29, 0.717) is 6.42 Å². The Labute approximate surface area is 104 Å². The number of benzene rings is 1. The Morgan fingerprint density at radius 1 is 1.44 bits per heavy atom. The summed E-state index contributed by atoms with van der Waals surface area (Å²) in [6, 6.07) is 7.50. The average Bonchev–Trinajstić information content (AvgIpc) is 2.22. The molecule has 88 valence electrons. The van der Waals surface area contributed by atoms with Crippen LogP contribution in [0.3, 0.4) is 0 Å². The van der Waals surface area contributed by atoms with Crippen LogP contribution < -0.4 is 5.32 Å². The summed E-state index contributed by atoms with van der Waals surface area (Å²) in [5.74, 6) is -0.822. The third-order valence-corrected chi connectivity index (χ3v) is 3.02. The van der Waals surface area contributed by atoms with Crippen molar-refractivity contribution >= 4 is 27.6 Å². The maximum absolute atomic E-state index is 11.2. The number of carboxylic acids is 1. The van der Waals surface area contributed by atoms with Crippen molar-refractivity contribution in [2.45, 2.75) is 32.2 Å². The minimum atomic E-state index is -0.900. The number of hydrogen-bond acceptors (Lipinski definition) is 2. The van der Waals surface area contributed by atoms with Crippen molar-refractivity contribution in [3.8, 4) is 0 Å². The van der Waals surface area contributed by atoms with E-state index in [-0.39, 0.29) is 0 Å². The first-order chi connectivity index (χ1) is 7.48. The summed E-state index contributed by atoms with van der Waals surface area (Å²) in [5.41, 5.74) is -0.0793.